The number of ether oxygens (including phenoxy) is 1. The van der Waals surface area contributed by atoms with Gasteiger partial charge in [-0.05, 0) is 52.5 Å². The van der Waals surface area contributed by atoms with Crippen LogP contribution < -0.4 is 10.6 Å². The molecule has 0 saturated carbocycles. The molecule has 0 unspecified atom stereocenters. The van der Waals surface area contributed by atoms with Gasteiger partial charge in [-0.15, -0.1) is 11.3 Å². The lowest BCUT2D eigenvalue weighted by Gasteiger charge is -2.26. The summed E-state index contributed by atoms with van der Waals surface area (Å²) in [5.41, 5.74) is -0.105. The van der Waals surface area contributed by atoms with Gasteiger partial charge in [0.2, 0.25) is 0 Å². The van der Waals surface area contributed by atoms with E-state index < -0.39 is 23.4 Å². The lowest BCUT2D eigenvalue weighted by Crippen LogP contribution is -2.44. The molecule has 1 aromatic carbocycles. The Bertz CT molecular complexity index is 948. The van der Waals surface area contributed by atoms with Gasteiger partial charge in [0.15, 0.2) is 0 Å². The number of hydrogen-bond donors (Lipinski definition) is 3. The molecule has 2 amide bonds. The molecule has 3 aromatic rings. The molecule has 3 N–H and O–H groups in total. The van der Waals surface area contributed by atoms with E-state index in [2.05, 4.69) is 15.4 Å². The average Bonchev–Trinajstić information content (AvgIpc) is 3.46. The highest BCUT2D eigenvalue weighted by molar-refractivity contribution is 7.10. The summed E-state index contributed by atoms with van der Waals surface area (Å²) in [6.45, 7) is -0.155. The van der Waals surface area contributed by atoms with Crippen LogP contribution in [-0.2, 0) is 19.9 Å². The van der Waals surface area contributed by atoms with Gasteiger partial charge in [-0.2, -0.15) is 11.3 Å². The summed E-state index contributed by atoms with van der Waals surface area (Å²) in [6, 6.07) is 11.3. The molecule has 150 valence electrons. The summed E-state index contributed by atoms with van der Waals surface area (Å²) in [7, 11) is 1.27. The van der Waals surface area contributed by atoms with E-state index in [0.717, 1.165) is 0 Å². The quantitative estimate of drug-likeness (QED) is 0.412. The van der Waals surface area contributed by atoms with Gasteiger partial charge in [-0.3, -0.25) is 9.59 Å². The molecule has 0 aliphatic carbocycles. The second kappa shape index (κ2) is 8.99. The molecule has 0 fully saturated rings. The predicted molar refractivity (Wildman–Crippen MR) is 111 cm³/mol. The van der Waals surface area contributed by atoms with E-state index in [1.807, 2.05) is 16.8 Å². The van der Waals surface area contributed by atoms with E-state index in [9.17, 15) is 19.5 Å². The maximum atomic E-state index is 12.3. The van der Waals surface area contributed by atoms with Crippen molar-refractivity contribution in [2.75, 3.05) is 19.0 Å². The summed E-state index contributed by atoms with van der Waals surface area (Å²) in [6.07, 6.45) is 0. The molecule has 7 nitrogen and oxygen atoms in total. The Morgan fingerprint density at radius 2 is 1.83 bits per heavy atom. The molecule has 2 aromatic heterocycles. The van der Waals surface area contributed by atoms with Gasteiger partial charge in [0.05, 0.1) is 19.2 Å². The molecule has 0 bridgehead atoms. The second-order valence-electron chi connectivity index (χ2n) is 6.06. The first kappa shape index (κ1) is 20.7. The summed E-state index contributed by atoms with van der Waals surface area (Å²) in [5.74, 6) is -2.26. The number of nitrogens with one attached hydrogen (secondary N) is 2. The Labute approximate surface area is 175 Å². The van der Waals surface area contributed by atoms with Crippen LogP contribution in [-0.4, -0.2) is 36.5 Å². The van der Waals surface area contributed by atoms with Crippen LogP contribution in [0.1, 0.15) is 20.8 Å². The van der Waals surface area contributed by atoms with Gasteiger partial charge < -0.3 is 20.5 Å². The Morgan fingerprint density at radius 3 is 2.41 bits per heavy atom. The molecular formula is C20H18N2O5S2. The van der Waals surface area contributed by atoms with Gasteiger partial charge in [-0.25, -0.2) is 4.79 Å². The molecule has 1 atom stereocenters. The Morgan fingerprint density at radius 1 is 1.07 bits per heavy atom. The van der Waals surface area contributed by atoms with Crippen LogP contribution in [0.25, 0.3) is 0 Å². The molecule has 0 saturated heterocycles. The van der Waals surface area contributed by atoms with Crippen LogP contribution in [0.3, 0.4) is 0 Å². The van der Waals surface area contributed by atoms with Crippen molar-refractivity contribution in [1.82, 2.24) is 5.32 Å². The Hall–Kier alpha value is -3.01. The van der Waals surface area contributed by atoms with Gasteiger partial charge in [-0.1, -0.05) is 6.07 Å². The van der Waals surface area contributed by atoms with Crippen molar-refractivity contribution >= 4 is 46.1 Å². The second-order valence-corrected chi connectivity index (χ2v) is 7.78. The number of methoxy groups -OCH3 is 1. The van der Waals surface area contributed by atoms with Crippen LogP contribution in [0.5, 0.6) is 0 Å². The normalized spacial score (nSPS) is 12.6. The monoisotopic (exact) mass is 430 g/mol. The van der Waals surface area contributed by atoms with Crippen LogP contribution in [0.15, 0.2) is 58.6 Å². The van der Waals surface area contributed by atoms with Crippen LogP contribution in [0, 0.1) is 0 Å². The number of carbonyl (C=O) groups is 3. The standard InChI is InChI=1S/C20H18N2O5S2/c1-27-19(25)13-4-6-15(7-5-13)22-18(24)17(23)21-12-20(26,14-8-10-28-11-14)16-3-2-9-29-16/h2-11,26H,12H2,1H3,(H,21,23)(H,22,24)/t20-/m0/s1. The maximum absolute atomic E-state index is 12.3. The van der Waals surface area contributed by atoms with Crippen LogP contribution >= 0.6 is 22.7 Å². The van der Waals surface area contributed by atoms with Gasteiger partial charge in [0, 0.05) is 16.1 Å². The Kier molecular flexibility index (Phi) is 6.42. The van der Waals surface area contributed by atoms with Crippen molar-refractivity contribution in [2.24, 2.45) is 0 Å². The highest BCUT2D eigenvalue weighted by atomic mass is 32.1. The topological polar surface area (TPSA) is 105 Å². The smallest absolute Gasteiger partial charge is 0.337 e. The minimum atomic E-state index is -1.42. The van der Waals surface area contributed by atoms with Crippen molar-refractivity contribution in [3.8, 4) is 0 Å². The van der Waals surface area contributed by atoms with E-state index >= 15 is 0 Å². The number of rotatable bonds is 6. The highest BCUT2D eigenvalue weighted by Gasteiger charge is 2.34. The number of anilines is 1. The SMILES string of the molecule is COC(=O)c1ccc(NC(=O)C(=O)NC[C@](O)(c2ccsc2)c2cccs2)cc1. The first-order chi connectivity index (χ1) is 13.9. The lowest BCUT2D eigenvalue weighted by atomic mass is 9.94. The number of carbonyl (C=O) groups excluding carboxylic acids is 3. The first-order valence-electron chi connectivity index (χ1n) is 8.50. The maximum Gasteiger partial charge on any atom is 0.337 e. The largest absolute Gasteiger partial charge is 0.465 e. The number of esters is 1. The number of aliphatic hydroxyl groups is 1. The fourth-order valence-corrected chi connectivity index (χ4v) is 4.20. The molecule has 0 radical (unpaired) electrons. The number of hydrogen-bond acceptors (Lipinski definition) is 7. The minimum absolute atomic E-state index is 0.155. The zero-order chi connectivity index (χ0) is 20.9. The first-order valence-corrected chi connectivity index (χ1v) is 10.3. The minimum Gasteiger partial charge on any atom is -0.465 e. The third kappa shape index (κ3) is 4.70. The third-order valence-corrected chi connectivity index (χ3v) is 5.91. The summed E-state index contributed by atoms with van der Waals surface area (Å²) in [5, 5.41) is 21.6. The number of amides is 2. The summed E-state index contributed by atoms with van der Waals surface area (Å²) >= 11 is 2.79. The van der Waals surface area contributed by atoms with Crippen molar-refractivity contribution in [1.29, 1.82) is 0 Å². The highest BCUT2D eigenvalue weighted by Crippen LogP contribution is 2.33. The van der Waals surface area contributed by atoms with E-state index in [1.54, 1.807) is 17.5 Å². The van der Waals surface area contributed by atoms with Crippen LogP contribution in [0.2, 0.25) is 0 Å². The fourth-order valence-electron chi connectivity index (χ4n) is 2.63. The third-order valence-electron chi connectivity index (χ3n) is 4.20. The molecule has 2 heterocycles. The van der Waals surface area contributed by atoms with Crippen molar-refractivity contribution in [3.63, 3.8) is 0 Å². The molecule has 3 rings (SSSR count). The molecular weight excluding hydrogens is 412 g/mol. The van der Waals surface area contributed by atoms with E-state index in [4.69, 9.17) is 0 Å². The van der Waals surface area contributed by atoms with Gasteiger partial charge >= 0.3 is 17.8 Å². The van der Waals surface area contributed by atoms with Crippen molar-refractivity contribution in [2.45, 2.75) is 5.60 Å². The van der Waals surface area contributed by atoms with E-state index in [-0.39, 0.29) is 6.54 Å². The van der Waals surface area contributed by atoms with Gasteiger partial charge in [0.1, 0.15) is 5.60 Å². The van der Waals surface area contributed by atoms with Crippen molar-refractivity contribution < 1.29 is 24.2 Å². The number of benzene rings is 1. The molecule has 9 heteroatoms. The molecule has 0 aliphatic rings. The molecule has 0 spiro atoms. The van der Waals surface area contributed by atoms with Gasteiger partial charge in [0.25, 0.3) is 0 Å². The zero-order valence-corrected chi connectivity index (χ0v) is 17.0. The average molecular weight is 431 g/mol. The van der Waals surface area contributed by atoms with E-state index in [1.165, 1.54) is 54.0 Å². The summed E-state index contributed by atoms with van der Waals surface area (Å²) in [4.78, 5) is 36.5. The lowest BCUT2D eigenvalue weighted by molar-refractivity contribution is -0.136. The Balaban J connectivity index is 1.64. The predicted octanol–water partition coefficient (Wildman–Crippen LogP) is 2.59. The fraction of sp³-hybridized carbons (Fsp3) is 0.150. The number of thiophene rings is 2. The molecule has 29 heavy (non-hydrogen) atoms. The van der Waals surface area contributed by atoms with Crippen LogP contribution in [0.4, 0.5) is 5.69 Å². The summed E-state index contributed by atoms with van der Waals surface area (Å²) < 4.78 is 4.61. The molecule has 0 aliphatic heterocycles. The van der Waals surface area contributed by atoms with E-state index in [0.29, 0.717) is 21.7 Å². The van der Waals surface area contributed by atoms with Crippen molar-refractivity contribution in [3.05, 3.63) is 74.6 Å². The zero-order valence-electron chi connectivity index (χ0n) is 15.4.